The third-order valence-corrected chi connectivity index (χ3v) is 27.4. The molecule has 0 aromatic rings. The standard InChI is InChI=1S/C24H46O7.C24H50O.C18H38O.C17H36.2C16H34/c1-11(2)9-15-17(13(5)6)19(25)21(27)23(29-15)31-24-22(28)20(26)18(14(7)8)16(30-24)10-12(3)4;1-11-23(13-19(3)4,14-20(5)6)17-25-18-24(12-2,15-21(7)8)16-22(9)10;1-13(2)9-17(15(5)6)11-19-12-18(16(7)8)10-14(3)4;1-13(2)9-17(10-14(3)4,11-15(5)6)12-16(7)8;2*1-11(2)9-15(13(5)6)16(14(7)8)10-12(3)4/h11-28H,9-10H2,1-8H3;19-22H,11-18H2,1-10H3;13-18H,9-12H2,1-8H3;13-16H,9-12H2,1-8H3;2*11-16H,9-10H2,1-8H3/t15-,16-,17-,18-,19+,20+,21-,22-,23-,24-;;;;;/m1...../s1. The second-order valence-corrected chi connectivity index (χ2v) is 51.5. The summed E-state index contributed by atoms with van der Waals surface area (Å²) in [6.45, 7) is 119. The molecular formula is C115H238O9. The van der Waals surface area contributed by atoms with Gasteiger partial charge in [-0.3, -0.25) is 0 Å². The van der Waals surface area contributed by atoms with Crippen molar-refractivity contribution >= 4 is 0 Å². The fourth-order valence-electron chi connectivity index (χ4n) is 22.9. The minimum atomic E-state index is -1.27. The van der Waals surface area contributed by atoms with E-state index < -0.39 is 37.0 Å². The average Bonchev–Trinajstić information content (AvgIpc) is 0.775. The lowest BCUT2D eigenvalue weighted by Crippen LogP contribution is -2.61. The Hall–Kier alpha value is -0.360. The molecule has 0 spiro atoms. The molecule has 0 bridgehead atoms. The number of aliphatic hydroxyl groups excluding tert-OH is 4. The summed E-state index contributed by atoms with van der Waals surface area (Å²) in [5, 5.41) is 43.2. The summed E-state index contributed by atoms with van der Waals surface area (Å²) in [7, 11) is 0. The van der Waals surface area contributed by atoms with Crippen LogP contribution in [0.15, 0.2) is 0 Å². The Morgan fingerprint density at radius 3 is 0.613 bits per heavy atom. The Bertz CT molecular complexity index is 2180. The molecule has 0 amide bonds. The van der Waals surface area contributed by atoms with Crippen molar-refractivity contribution in [3.05, 3.63) is 0 Å². The number of ether oxygens (including phenoxy) is 5. The molecule has 6 unspecified atom stereocenters. The molecule has 2 aliphatic heterocycles. The first kappa shape index (κ1) is 130. The van der Waals surface area contributed by atoms with Crippen LogP contribution in [0.2, 0.25) is 0 Å². The van der Waals surface area contributed by atoms with E-state index in [2.05, 4.69) is 318 Å². The molecule has 0 aromatic carbocycles. The highest BCUT2D eigenvalue weighted by atomic mass is 16.8. The summed E-state index contributed by atoms with van der Waals surface area (Å²) >= 11 is 0. The molecule has 2 rings (SSSR count). The maximum atomic E-state index is 10.8. The van der Waals surface area contributed by atoms with E-state index in [1.54, 1.807) is 0 Å². The van der Waals surface area contributed by atoms with Crippen molar-refractivity contribution in [2.24, 2.45) is 206 Å². The Balaban J connectivity index is -0.000000711. The zero-order chi connectivity index (χ0) is 97.7. The molecule has 0 aliphatic carbocycles. The quantitative estimate of drug-likeness (QED) is 0.0471. The molecule has 124 heavy (non-hydrogen) atoms. The topological polar surface area (TPSA) is 127 Å². The fourth-order valence-corrected chi connectivity index (χ4v) is 22.9. The lowest BCUT2D eigenvalue weighted by molar-refractivity contribution is -0.372. The highest BCUT2D eigenvalue weighted by molar-refractivity contribution is 4.96. The van der Waals surface area contributed by atoms with Gasteiger partial charge in [-0.1, -0.05) is 346 Å². The molecule has 752 valence electrons. The minimum absolute atomic E-state index is 0.120. The van der Waals surface area contributed by atoms with Crippen LogP contribution < -0.4 is 0 Å². The van der Waals surface area contributed by atoms with Gasteiger partial charge in [-0.15, -0.1) is 0 Å². The first-order chi connectivity index (χ1) is 56.7. The molecule has 2 aliphatic rings. The molecule has 16 atom stereocenters. The number of aliphatic hydroxyl groups is 4. The van der Waals surface area contributed by atoms with E-state index in [1.807, 2.05) is 27.7 Å². The van der Waals surface area contributed by atoms with Crippen molar-refractivity contribution in [3.63, 3.8) is 0 Å². The maximum absolute atomic E-state index is 10.8. The molecule has 0 saturated carbocycles. The second-order valence-electron chi connectivity index (χ2n) is 51.5. The van der Waals surface area contributed by atoms with Gasteiger partial charge in [-0.25, -0.2) is 0 Å². The molecule has 9 heteroatoms. The first-order valence-electron chi connectivity index (χ1n) is 53.6. The van der Waals surface area contributed by atoms with Crippen molar-refractivity contribution < 1.29 is 44.1 Å². The molecule has 0 radical (unpaired) electrons. The van der Waals surface area contributed by atoms with Crippen LogP contribution in [0.3, 0.4) is 0 Å². The largest absolute Gasteiger partial charge is 0.390 e. The summed E-state index contributed by atoms with van der Waals surface area (Å²) in [5.74, 6) is 21.4. The molecule has 2 heterocycles. The minimum Gasteiger partial charge on any atom is -0.390 e. The summed E-state index contributed by atoms with van der Waals surface area (Å²) in [5.41, 5.74) is 1.31. The molecule has 2 saturated heterocycles. The second kappa shape index (κ2) is 66.9. The van der Waals surface area contributed by atoms with Gasteiger partial charge in [0.25, 0.3) is 0 Å². The molecule has 4 N–H and O–H groups in total. The number of rotatable bonds is 54. The van der Waals surface area contributed by atoms with E-state index in [-0.39, 0.29) is 35.9 Å². The van der Waals surface area contributed by atoms with Gasteiger partial charge in [0, 0.05) is 25.0 Å². The Kier molecular flexibility index (Phi) is 70.1. The van der Waals surface area contributed by atoms with Crippen molar-refractivity contribution in [3.8, 4) is 0 Å². The van der Waals surface area contributed by atoms with Crippen LogP contribution in [0.25, 0.3) is 0 Å². The lowest BCUT2D eigenvalue weighted by atomic mass is 9.65. The predicted molar refractivity (Wildman–Crippen MR) is 550 cm³/mol. The van der Waals surface area contributed by atoms with Crippen molar-refractivity contribution in [2.75, 3.05) is 26.4 Å². The maximum Gasteiger partial charge on any atom is 0.189 e. The monoisotopic (exact) mass is 1760 g/mol. The van der Waals surface area contributed by atoms with Crippen LogP contribution in [0.5, 0.6) is 0 Å². The lowest BCUT2D eigenvalue weighted by Gasteiger charge is -2.49. The van der Waals surface area contributed by atoms with Gasteiger partial charge in [0.15, 0.2) is 12.6 Å². The van der Waals surface area contributed by atoms with Crippen LogP contribution in [0, 0.1) is 206 Å². The SMILES string of the molecule is CC(C)CC(C(C)C)C(CC(C)C)C(C)C.CC(C)CC(C(C)C)C(CC(C)C)C(C)C.CC(C)CC(CC(C)C)(CC(C)C)CC(C)C.CC(C)CC(COCC(CC(C)C)C(C)C)C(C)C.CC(C)C[C@H]1O[C@H](O[C@H]2O[C@H](CC(C)C)[C@@H](C(C)C)[C@H](O)[C@H]2O)[C@H](O)[C@@H](O)[C@@H]1C(C)C.CCC(COCC(CC)(CC(C)C)CC(C)C)(CC(C)C)CC(C)C. The normalized spacial score (nSPS) is 21.8. The molecule has 9 nitrogen and oxygen atoms in total. The zero-order valence-corrected chi connectivity index (χ0v) is 94.0. The summed E-state index contributed by atoms with van der Waals surface area (Å²) in [4.78, 5) is 0. The highest BCUT2D eigenvalue weighted by Crippen LogP contribution is 2.47. The van der Waals surface area contributed by atoms with Gasteiger partial charge in [0.05, 0.1) is 37.6 Å². The summed E-state index contributed by atoms with van der Waals surface area (Å²) in [6.07, 6.45) is 15.4. The number of hydrogen-bond donors (Lipinski definition) is 4. The smallest absolute Gasteiger partial charge is 0.189 e. The van der Waals surface area contributed by atoms with E-state index in [0.29, 0.717) is 52.8 Å². The molecule has 0 aromatic heterocycles. The molecule has 2 fully saturated rings. The van der Waals surface area contributed by atoms with Crippen LogP contribution >= 0.6 is 0 Å². The van der Waals surface area contributed by atoms with Gasteiger partial charge < -0.3 is 44.1 Å². The van der Waals surface area contributed by atoms with E-state index in [0.717, 1.165) is 168 Å². The Morgan fingerprint density at radius 2 is 0.452 bits per heavy atom. The third-order valence-electron chi connectivity index (χ3n) is 27.4. The van der Waals surface area contributed by atoms with E-state index in [9.17, 15) is 20.4 Å². The van der Waals surface area contributed by atoms with Crippen LogP contribution in [0.1, 0.15) is 462 Å². The van der Waals surface area contributed by atoms with Crippen molar-refractivity contribution in [1.82, 2.24) is 0 Å². The van der Waals surface area contributed by atoms with Gasteiger partial charge in [0.2, 0.25) is 0 Å². The Labute approximate surface area is 782 Å². The first-order valence-corrected chi connectivity index (χ1v) is 53.6. The number of hydrogen-bond acceptors (Lipinski definition) is 9. The average molecular weight is 1770 g/mol. The molecular weight excluding hydrogens is 1530 g/mol. The Morgan fingerprint density at radius 1 is 0.242 bits per heavy atom. The van der Waals surface area contributed by atoms with Gasteiger partial charge >= 0.3 is 0 Å². The van der Waals surface area contributed by atoms with Crippen molar-refractivity contribution in [1.29, 1.82) is 0 Å². The summed E-state index contributed by atoms with van der Waals surface area (Å²) < 4.78 is 30.8. The van der Waals surface area contributed by atoms with Crippen LogP contribution in [-0.4, -0.2) is 96.1 Å². The van der Waals surface area contributed by atoms with Gasteiger partial charge in [-0.2, -0.15) is 0 Å². The van der Waals surface area contributed by atoms with Crippen LogP contribution in [0.4, 0.5) is 0 Å². The predicted octanol–water partition coefficient (Wildman–Crippen LogP) is 33.6. The van der Waals surface area contributed by atoms with Gasteiger partial charge in [0.1, 0.15) is 12.2 Å². The van der Waals surface area contributed by atoms with Crippen LogP contribution in [-0.2, 0) is 23.7 Å². The van der Waals surface area contributed by atoms with E-state index >= 15 is 0 Å². The highest BCUT2D eigenvalue weighted by Gasteiger charge is 2.52. The van der Waals surface area contributed by atoms with E-state index in [1.165, 1.54) is 103 Å². The zero-order valence-electron chi connectivity index (χ0n) is 94.0. The fraction of sp³-hybridized carbons (Fsp3) is 1.00. The van der Waals surface area contributed by atoms with E-state index in [4.69, 9.17) is 23.7 Å². The third kappa shape index (κ3) is 57.4. The van der Waals surface area contributed by atoms with Crippen molar-refractivity contribution in [2.45, 2.75) is 511 Å². The van der Waals surface area contributed by atoms with Gasteiger partial charge in [-0.05, 0) is 309 Å². The summed E-state index contributed by atoms with van der Waals surface area (Å²) in [6, 6.07) is 0.